The monoisotopic (exact) mass is 679 g/mol. The number of hydrogen-bond donors (Lipinski definition) is 6. The van der Waals surface area contributed by atoms with Gasteiger partial charge in [-0.1, -0.05) is 42.5 Å². The molecule has 48 heavy (non-hydrogen) atoms. The lowest BCUT2D eigenvalue weighted by Gasteiger charge is -2.25. The molecule has 1 aromatic heterocycles. The molecule has 0 spiro atoms. The number of benzene rings is 3. The molecule has 0 bridgehead atoms. The number of carbonyl (C=O) groups excluding carboxylic acids is 2. The fraction of sp³-hybridized carbons (Fsp3) is 0.324. The normalized spacial score (nSPS) is 13.3. The molecule has 6 N–H and O–H groups in total. The molecule has 14 heteroatoms. The SMILES string of the molecule is CCS(=O)(=O)Nc1cc(C(=O)N[C@@H](Cc2ccccc2)[C@H](O)CNCc2cccc(OC)c2)cc(C(=O)N[C@H](C)c2nc(CO)co2)c1. The third-order valence-corrected chi connectivity index (χ3v) is 8.76. The summed E-state index contributed by atoms with van der Waals surface area (Å²) in [4.78, 5) is 31.2. The molecule has 0 saturated heterocycles. The number of nitrogens with one attached hydrogen (secondary N) is 4. The van der Waals surface area contributed by atoms with Crippen molar-refractivity contribution in [2.24, 2.45) is 0 Å². The number of anilines is 1. The smallest absolute Gasteiger partial charge is 0.252 e. The number of amides is 2. The minimum absolute atomic E-state index is 0.00241. The van der Waals surface area contributed by atoms with Crippen molar-refractivity contribution >= 4 is 27.5 Å². The molecule has 0 radical (unpaired) electrons. The summed E-state index contributed by atoms with van der Waals surface area (Å²) in [5.41, 5.74) is 2.14. The fourth-order valence-corrected chi connectivity index (χ4v) is 5.45. The second-order valence-electron chi connectivity index (χ2n) is 11.2. The van der Waals surface area contributed by atoms with Gasteiger partial charge in [0.15, 0.2) is 0 Å². The minimum Gasteiger partial charge on any atom is -0.497 e. The second kappa shape index (κ2) is 16.9. The number of methoxy groups -OCH3 is 1. The summed E-state index contributed by atoms with van der Waals surface area (Å²) in [6.45, 7) is 3.35. The molecule has 4 aromatic rings. The Morgan fingerprint density at radius 1 is 0.958 bits per heavy atom. The van der Waals surface area contributed by atoms with E-state index in [1.54, 1.807) is 14.0 Å². The van der Waals surface area contributed by atoms with Crippen molar-refractivity contribution in [3.63, 3.8) is 0 Å². The highest BCUT2D eigenvalue weighted by atomic mass is 32.2. The van der Waals surface area contributed by atoms with Gasteiger partial charge in [0, 0.05) is 24.2 Å². The van der Waals surface area contributed by atoms with E-state index < -0.39 is 40.0 Å². The van der Waals surface area contributed by atoms with Gasteiger partial charge in [0.1, 0.15) is 23.7 Å². The van der Waals surface area contributed by atoms with Crippen LogP contribution in [0.5, 0.6) is 5.75 Å². The molecule has 13 nitrogen and oxygen atoms in total. The topological polar surface area (TPSA) is 192 Å². The molecule has 256 valence electrons. The highest BCUT2D eigenvalue weighted by Crippen LogP contribution is 2.20. The third-order valence-electron chi connectivity index (χ3n) is 7.46. The van der Waals surface area contributed by atoms with Crippen LogP contribution in [0.1, 0.15) is 63.3 Å². The Balaban J connectivity index is 1.56. The Labute approximate surface area is 279 Å². The van der Waals surface area contributed by atoms with Crippen LogP contribution in [0.15, 0.2) is 83.5 Å². The van der Waals surface area contributed by atoms with Gasteiger partial charge in [-0.25, -0.2) is 13.4 Å². The Bertz CT molecular complexity index is 1780. The number of hydrogen-bond acceptors (Lipinski definition) is 10. The van der Waals surface area contributed by atoms with Gasteiger partial charge >= 0.3 is 0 Å². The van der Waals surface area contributed by atoms with Gasteiger partial charge in [-0.15, -0.1) is 0 Å². The van der Waals surface area contributed by atoms with Gasteiger partial charge in [0.25, 0.3) is 11.8 Å². The van der Waals surface area contributed by atoms with Crippen LogP contribution in [0.4, 0.5) is 5.69 Å². The van der Waals surface area contributed by atoms with Gasteiger partial charge in [0.05, 0.1) is 37.3 Å². The van der Waals surface area contributed by atoms with Crippen molar-refractivity contribution in [3.05, 3.63) is 113 Å². The maximum absolute atomic E-state index is 13.7. The zero-order valence-corrected chi connectivity index (χ0v) is 27.8. The van der Waals surface area contributed by atoms with Crippen LogP contribution in [0.3, 0.4) is 0 Å². The first-order valence-electron chi connectivity index (χ1n) is 15.4. The fourth-order valence-electron chi connectivity index (χ4n) is 4.83. The number of aromatic nitrogens is 1. The first-order chi connectivity index (χ1) is 23.0. The van der Waals surface area contributed by atoms with Crippen molar-refractivity contribution in [2.45, 2.75) is 51.6 Å². The van der Waals surface area contributed by atoms with Crippen molar-refractivity contribution in [1.29, 1.82) is 0 Å². The number of carbonyl (C=O) groups is 2. The molecule has 0 aliphatic rings. The summed E-state index contributed by atoms with van der Waals surface area (Å²) in [7, 11) is -2.17. The molecule has 4 rings (SSSR count). The molecule has 0 saturated carbocycles. The maximum atomic E-state index is 13.7. The number of ether oxygens (including phenoxy) is 1. The maximum Gasteiger partial charge on any atom is 0.252 e. The van der Waals surface area contributed by atoms with Crippen LogP contribution >= 0.6 is 0 Å². The van der Waals surface area contributed by atoms with Crippen LogP contribution < -0.4 is 25.4 Å². The summed E-state index contributed by atoms with van der Waals surface area (Å²) in [6.07, 6.45) is 0.553. The van der Waals surface area contributed by atoms with Crippen molar-refractivity contribution in [1.82, 2.24) is 20.9 Å². The molecule has 0 aliphatic carbocycles. The van der Waals surface area contributed by atoms with E-state index in [0.29, 0.717) is 24.4 Å². The van der Waals surface area contributed by atoms with Crippen LogP contribution in [-0.4, -0.2) is 67.0 Å². The van der Waals surface area contributed by atoms with E-state index in [1.807, 2.05) is 54.6 Å². The summed E-state index contributed by atoms with van der Waals surface area (Å²) < 4.78 is 37.9. The molecule has 1 heterocycles. The molecule has 0 aliphatic heterocycles. The van der Waals surface area contributed by atoms with Gasteiger partial charge in [-0.2, -0.15) is 0 Å². The van der Waals surface area contributed by atoms with E-state index in [9.17, 15) is 28.2 Å². The van der Waals surface area contributed by atoms with E-state index in [0.717, 1.165) is 11.1 Å². The van der Waals surface area contributed by atoms with Gasteiger partial charge < -0.3 is 35.3 Å². The van der Waals surface area contributed by atoms with E-state index >= 15 is 0 Å². The number of aliphatic hydroxyl groups is 2. The van der Waals surface area contributed by atoms with Crippen LogP contribution in [0.25, 0.3) is 0 Å². The van der Waals surface area contributed by atoms with Gasteiger partial charge in [0.2, 0.25) is 15.9 Å². The number of rotatable bonds is 17. The highest BCUT2D eigenvalue weighted by Gasteiger charge is 2.25. The second-order valence-corrected chi connectivity index (χ2v) is 13.2. The van der Waals surface area contributed by atoms with E-state index in [2.05, 4.69) is 25.7 Å². The highest BCUT2D eigenvalue weighted by molar-refractivity contribution is 7.92. The van der Waals surface area contributed by atoms with Crippen molar-refractivity contribution in [2.75, 3.05) is 24.1 Å². The summed E-state index contributed by atoms with van der Waals surface area (Å²) in [5, 5.41) is 29.4. The average molecular weight is 680 g/mol. The first kappa shape index (κ1) is 36.1. The van der Waals surface area contributed by atoms with E-state index in [-0.39, 0.29) is 41.6 Å². The molecule has 0 fully saturated rings. The van der Waals surface area contributed by atoms with Crippen molar-refractivity contribution in [3.8, 4) is 5.75 Å². The molecular weight excluding hydrogens is 638 g/mol. The summed E-state index contributed by atoms with van der Waals surface area (Å²) in [6, 6.07) is 19.4. The lowest BCUT2D eigenvalue weighted by molar-refractivity contribution is 0.0830. The lowest BCUT2D eigenvalue weighted by Crippen LogP contribution is -2.48. The predicted molar refractivity (Wildman–Crippen MR) is 180 cm³/mol. The minimum atomic E-state index is -3.76. The Kier molecular flexibility index (Phi) is 12.7. The van der Waals surface area contributed by atoms with Gasteiger partial charge in [-0.05, 0) is 61.7 Å². The molecule has 3 aromatic carbocycles. The lowest BCUT2D eigenvalue weighted by atomic mass is 10.00. The van der Waals surface area contributed by atoms with Crippen molar-refractivity contribution < 1.29 is 37.4 Å². The van der Waals surface area contributed by atoms with Crippen LogP contribution in [0, 0.1) is 0 Å². The molecule has 3 atom stereocenters. The Morgan fingerprint density at radius 3 is 2.29 bits per heavy atom. The number of aliphatic hydroxyl groups excluding tert-OH is 2. The largest absolute Gasteiger partial charge is 0.497 e. The number of sulfonamides is 1. The molecule has 2 amide bonds. The molecular formula is C34H41N5O8S. The standard InChI is InChI=1S/C34H41N5O8S/c1-4-48(44,45)39-27-16-25(32(42)36-22(2)34-37-28(20-40)21-47-34)15-26(17-27)33(43)38-30(14-23-9-6-5-7-10-23)31(41)19-35-18-24-11-8-12-29(13-24)46-3/h5-13,15-17,21-22,30-31,35,39-41H,4,14,18-20H2,1-3H3,(H,36,42)(H,38,43)/t22-,30+,31-/m1/s1. The van der Waals surface area contributed by atoms with E-state index in [1.165, 1.54) is 31.4 Å². The predicted octanol–water partition coefficient (Wildman–Crippen LogP) is 2.92. The number of oxazole rings is 1. The quantitative estimate of drug-likeness (QED) is 0.0967. The first-order valence-corrected chi connectivity index (χ1v) is 17.0. The van der Waals surface area contributed by atoms with E-state index in [4.69, 9.17) is 9.15 Å². The average Bonchev–Trinajstić information content (AvgIpc) is 3.58. The summed E-state index contributed by atoms with van der Waals surface area (Å²) in [5.74, 6) is -0.606. The summed E-state index contributed by atoms with van der Waals surface area (Å²) >= 11 is 0. The Hall–Kier alpha value is -4.76. The zero-order chi connectivity index (χ0) is 34.7. The third kappa shape index (κ3) is 10.4. The van der Waals surface area contributed by atoms with Gasteiger partial charge in [-0.3, -0.25) is 14.3 Å². The van der Waals surface area contributed by atoms with Crippen LogP contribution in [-0.2, 0) is 29.6 Å². The van der Waals surface area contributed by atoms with Crippen LogP contribution in [0.2, 0.25) is 0 Å². The zero-order valence-electron chi connectivity index (χ0n) is 27.0. The Morgan fingerprint density at radius 2 is 1.65 bits per heavy atom. The molecule has 0 unspecified atom stereocenters. The number of nitrogens with zero attached hydrogens (tertiary/aromatic N) is 1.